The van der Waals surface area contributed by atoms with E-state index in [2.05, 4.69) is 82.1 Å². The van der Waals surface area contributed by atoms with Crippen molar-refractivity contribution in [2.45, 2.75) is 22.4 Å². The molecule has 0 amide bonds. The fourth-order valence-corrected chi connectivity index (χ4v) is 5.29. The fourth-order valence-electron chi connectivity index (χ4n) is 3.81. The van der Waals surface area contributed by atoms with Crippen molar-refractivity contribution in [3.8, 4) is 5.75 Å². The maximum Gasteiger partial charge on any atom is 0.118 e. The van der Waals surface area contributed by atoms with Crippen LogP contribution in [-0.2, 0) is 6.54 Å². The number of alkyl halides is 1. The van der Waals surface area contributed by atoms with Crippen LogP contribution in [0, 0.1) is 5.92 Å². The van der Waals surface area contributed by atoms with E-state index in [9.17, 15) is 0 Å². The van der Waals surface area contributed by atoms with Gasteiger partial charge in [-0.25, -0.2) is 0 Å². The maximum absolute atomic E-state index is 5.30. The van der Waals surface area contributed by atoms with E-state index in [1.54, 1.807) is 7.11 Å². The SMILES string of the molecule is COc1ccc([C@@H]2N(Cc3ccccc3)C[C@@H]3C[C@@]32I)cc1. The summed E-state index contributed by atoms with van der Waals surface area (Å²) < 4.78 is 5.73. The van der Waals surface area contributed by atoms with Crippen LogP contribution < -0.4 is 4.74 Å². The third-order valence-electron chi connectivity index (χ3n) is 5.01. The first-order valence-corrected chi connectivity index (χ1v) is 8.89. The molecular weight excluding hydrogens is 385 g/mol. The van der Waals surface area contributed by atoms with Gasteiger partial charge in [0.05, 0.1) is 13.2 Å². The van der Waals surface area contributed by atoms with Crippen LogP contribution in [-0.4, -0.2) is 22.0 Å². The third kappa shape index (κ3) is 2.44. The molecule has 22 heavy (non-hydrogen) atoms. The lowest BCUT2D eigenvalue weighted by Crippen LogP contribution is -2.29. The highest BCUT2D eigenvalue weighted by atomic mass is 127. The number of methoxy groups -OCH3 is 1. The molecule has 0 N–H and O–H groups in total. The van der Waals surface area contributed by atoms with Crippen LogP contribution in [0.1, 0.15) is 23.6 Å². The molecule has 1 aliphatic heterocycles. The molecule has 0 bridgehead atoms. The van der Waals surface area contributed by atoms with E-state index in [-0.39, 0.29) is 0 Å². The highest BCUT2D eigenvalue weighted by molar-refractivity contribution is 14.1. The zero-order valence-corrected chi connectivity index (χ0v) is 14.9. The van der Waals surface area contributed by atoms with Gasteiger partial charge in [0.15, 0.2) is 0 Å². The number of hydrogen-bond donors (Lipinski definition) is 0. The molecule has 2 fully saturated rings. The van der Waals surface area contributed by atoms with Crippen molar-refractivity contribution in [1.82, 2.24) is 4.90 Å². The molecule has 4 rings (SSSR count). The monoisotopic (exact) mass is 405 g/mol. The molecule has 2 aromatic carbocycles. The third-order valence-corrected chi connectivity index (χ3v) is 6.92. The molecule has 2 nitrogen and oxygen atoms in total. The first-order chi connectivity index (χ1) is 10.7. The summed E-state index contributed by atoms with van der Waals surface area (Å²) in [5.41, 5.74) is 2.83. The van der Waals surface area contributed by atoms with E-state index in [0.717, 1.165) is 18.2 Å². The number of hydrogen-bond acceptors (Lipinski definition) is 2. The quantitative estimate of drug-likeness (QED) is 0.551. The average molecular weight is 405 g/mol. The number of likely N-dealkylation sites (tertiary alicyclic amines) is 1. The molecule has 1 saturated carbocycles. The minimum Gasteiger partial charge on any atom is -0.497 e. The Balaban J connectivity index is 1.61. The molecule has 1 aliphatic carbocycles. The van der Waals surface area contributed by atoms with Crippen molar-refractivity contribution < 1.29 is 4.74 Å². The molecular formula is C19H20INO. The number of piperidine rings is 1. The van der Waals surface area contributed by atoms with Gasteiger partial charge in [-0.05, 0) is 35.6 Å². The van der Waals surface area contributed by atoms with Gasteiger partial charge in [0.1, 0.15) is 5.75 Å². The minimum absolute atomic E-state index is 0.432. The van der Waals surface area contributed by atoms with Gasteiger partial charge in [0.2, 0.25) is 0 Å². The van der Waals surface area contributed by atoms with Gasteiger partial charge < -0.3 is 4.74 Å². The highest BCUT2D eigenvalue weighted by Crippen LogP contribution is 2.66. The van der Waals surface area contributed by atoms with Crippen molar-refractivity contribution in [2.75, 3.05) is 13.7 Å². The van der Waals surface area contributed by atoms with E-state index in [1.165, 1.54) is 24.1 Å². The Morgan fingerprint density at radius 3 is 2.55 bits per heavy atom. The molecule has 0 radical (unpaired) electrons. The van der Waals surface area contributed by atoms with Crippen molar-refractivity contribution in [1.29, 1.82) is 0 Å². The molecule has 3 heteroatoms. The summed E-state index contributed by atoms with van der Waals surface area (Å²) in [5, 5.41) is 0. The first-order valence-electron chi connectivity index (χ1n) is 7.81. The fraction of sp³-hybridized carbons (Fsp3) is 0.368. The maximum atomic E-state index is 5.30. The molecule has 0 spiro atoms. The van der Waals surface area contributed by atoms with Crippen LogP contribution in [0.5, 0.6) is 5.75 Å². The molecule has 3 atom stereocenters. The van der Waals surface area contributed by atoms with E-state index < -0.39 is 0 Å². The smallest absolute Gasteiger partial charge is 0.118 e. The zero-order chi connectivity index (χ0) is 15.2. The predicted molar refractivity (Wildman–Crippen MR) is 97.4 cm³/mol. The van der Waals surface area contributed by atoms with E-state index >= 15 is 0 Å². The van der Waals surface area contributed by atoms with Crippen LogP contribution in [0.2, 0.25) is 0 Å². The Hall–Kier alpha value is -1.07. The summed E-state index contributed by atoms with van der Waals surface area (Å²) in [5.74, 6) is 1.79. The lowest BCUT2D eigenvalue weighted by molar-refractivity contribution is 0.222. The topological polar surface area (TPSA) is 12.5 Å². The van der Waals surface area contributed by atoms with E-state index in [0.29, 0.717) is 9.46 Å². The van der Waals surface area contributed by atoms with Gasteiger partial charge in [-0.1, -0.05) is 65.1 Å². The molecule has 114 valence electrons. The molecule has 2 aromatic rings. The average Bonchev–Trinajstić information content (AvgIpc) is 3.11. The summed E-state index contributed by atoms with van der Waals surface area (Å²) in [6.07, 6.45) is 1.36. The predicted octanol–water partition coefficient (Wildman–Crippen LogP) is 4.45. The summed E-state index contributed by atoms with van der Waals surface area (Å²) in [7, 11) is 1.73. The van der Waals surface area contributed by atoms with Crippen LogP contribution in [0.3, 0.4) is 0 Å². The Kier molecular flexibility index (Phi) is 3.65. The Morgan fingerprint density at radius 2 is 1.86 bits per heavy atom. The Bertz CT molecular complexity index is 657. The van der Waals surface area contributed by atoms with Gasteiger partial charge in [0, 0.05) is 16.5 Å². The molecule has 0 unspecified atom stereocenters. The van der Waals surface area contributed by atoms with Crippen LogP contribution in [0.25, 0.3) is 0 Å². The van der Waals surface area contributed by atoms with Crippen LogP contribution >= 0.6 is 22.6 Å². The summed E-state index contributed by atoms with van der Waals surface area (Å²) in [6.45, 7) is 2.26. The van der Waals surface area contributed by atoms with E-state index in [1.807, 2.05) is 0 Å². The van der Waals surface area contributed by atoms with Crippen LogP contribution in [0.15, 0.2) is 54.6 Å². The Morgan fingerprint density at radius 1 is 1.14 bits per heavy atom. The number of fused-ring (bicyclic) bond motifs is 1. The van der Waals surface area contributed by atoms with Crippen molar-refractivity contribution in [3.05, 3.63) is 65.7 Å². The summed E-state index contributed by atoms with van der Waals surface area (Å²) in [4.78, 5) is 2.65. The minimum atomic E-state index is 0.432. The molecule has 1 saturated heterocycles. The lowest BCUT2D eigenvalue weighted by Gasteiger charge is -2.30. The standard InChI is InChI=1S/C19H20INO/c1-22-17-9-7-15(8-10-17)18-19(20)11-16(19)13-21(18)12-14-5-3-2-4-6-14/h2-10,16,18H,11-13H2,1H3/t16-,18-,19+/m0/s1. The number of benzene rings is 2. The van der Waals surface area contributed by atoms with E-state index in [4.69, 9.17) is 4.74 Å². The Labute approximate surface area is 145 Å². The van der Waals surface area contributed by atoms with Gasteiger partial charge in [0.25, 0.3) is 0 Å². The highest BCUT2D eigenvalue weighted by Gasteiger charge is 2.64. The van der Waals surface area contributed by atoms with Crippen molar-refractivity contribution in [2.24, 2.45) is 5.92 Å². The normalized spacial score (nSPS) is 30.1. The number of ether oxygens (including phenoxy) is 1. The molecule has 1 heterocycles. The number of nitrogens with zero attached hydrogens (tertiary/aromatic N) is 1. The van der Waals surface area contributed by atoms with Crippen molar-refractivity contribution in [3.63, 3.8) is 0 Å². The van der Waals surface area contributed by atoms with Gasteiger partial charge in [-0.15, -0.1) is 0 Å². The second kappa shape index (κ2) is 5.53. The summed E-state index contributed by atoms with van der Waals surface area (Å²) in [6, 6.07) is 20.0. The first kappa shape index (κ1) is 14.5. The molecule has 0 aromatic heterocycles. The zero-order valence-electron chi connectivity index (χ0n) is 12.7. The van der Waals surface area contributed by atoms with Gasteiger partial charge in [-0.2, -0.15) is 0 Å². The molecule has 2 aliphatic rings. The van der Waals surface area contributed by atoms with Crippen LogP contribution in [0.4, 0.5) is 0 Å². The van der Waals surface area contributed by atoms with Gasteiger partial charge in [-0.3, -0.25) is 4.90 Å². The summed E-state index contributed by atoms with van der Waals surface area (Å²) >= 11 is 2.71. The largest absolute Gasteiger partial charge is 0.497 e. The number of halogens is 1. The van der Waals surface area contributed by atoms with Gasteiger partial charge >= 0.3 is 0 Å². The number of rotatable bonds is 4. The lowest BCUT2D eigenvalue weighted by atomic mass is 10.0. The second-order valence-corrected chi connectivity index (χ2v) is 8.43. The second-order valence-electron chi connectivity index (χ2n) is 6.42. The van der Waals surface area contributed by atoms with Crippen molar-refractivity contribution >= 4 is 22.6 Å².